The Morgan fingerprint density at radius 1 is 1.31 bits per heavy atom. The first-order valence-electron chi connectivity index (χ1n) is 4.57. The van der Waals surface area contributed by atoms with Gasteiger partial charge in [0.1, 0.15) is 11.9 Å². The molecule has 13 heavy (non-hydrogen) atoms. The van der Waals surface area contributed by atoms with Crippen molar-refractivity contribution in [3.8, 4) is 5.75 Å². The van der Waals surface area contributed by atoms with Crippen LogP contribution >= 0.6 is 15.9 Å². The van der Waals surface area contributed by atoms with Crippen molar-refractivity contribution in [1.82, 2.24) is 0 Å². The maximum absolute atomic E-state index is 5.62. The van der Waals surface area contributed by atoms with E-state index in [1.807, 2.05) is 19.1 Å². The number of rotatable bonds is 4. The van der Waals surface area contributed by atoms with Crippen molar-refractivity contribution in [2.24, 2.45) is 0 Å². The molecule has 0 fully saturated rings. The van der Waals surface area contributed by atoms with Gasteiger partial charge in [-0.1, -0.05) is 35.0 Å². The van der Waals surface area contributed by atoms with E-state index in [4.69, 9.17) is 4.74 Å². The molecule has 2 heteroatoms. The molecule has 0 radical (unpaired) electrons. The molecule has 0 aromatic heterocycles. The molecule has 1 unspecified atom stereocenters. The highest BCUT2D eigenvalue weighted by Gasteiger charge is 2.00. The van der Waals surface area contributed by atoms with E-state index in [0.717, 1.165) is 17.5 Å². The van der Waals surface area contributed by atoms with E-state index in [2.05, 4.69) is 35.0 Å². The van der Waals surface area contributed by atoms with Gasteiger partial charge in [-0.2, -0.15) is 0 Å². The molecular weight excluding hydrogens is 228 g/mol. The second-order valence-corrected chi connectivity index (χ2v) is 3.73. The van der Waals surface area contributed by atoms with Gasteiger partial charge in [-0.15, -0.1) is 0 Å². The highest BCUT2D eigenvalue weighted by atomic mass is 79.9. The number of ether oxygens (including phenoxy) is 1. The molecule has 0 amide bonds. The first-order chi connectivity index (χ1) is 6.26. The highest BCUT2D eigenvalue weighted by Crippen LogP contribution is 2.14. The normalized spacial score (nSPS) is 12.5. The van der Waals surface area contributed by atoms with Gasteiger partial charge in [0.25, 0.3) is 0 Å². The fraction of sp³-hybridized carbons (Fsp3) is 0.455. The van der Waals surface area contributed by atoms with E-state index in [1.54, 1.807) is 0 Å². The van der Waals surface area contributed by atoms with Gasteiger partial charge in [-0.25, -0.2) is 0 Å². The second kappa shape index (κ2) is 5.28. The summed E-state index contributed by atoms with van der Waals surface area (Å²) in [6, 6.07) is 8.27. The molecule has 1 rings (SSSR count). The van der Waals surface area contributed by atoms with Crippen molar-refractivity contribution < 1.29 is 4.74 Å². The largest absolute Gasteiger partial charge is 0.490 e. The van der Waals surface area contributed by atoms with Crippen LogP contribution in [0.1, 0.15) is 19.4 Å². The maximum atomic E-state index is 5.62. The van der Waals surface area contributed by atoms with Crippen LogP contribution < -0.4 is 4.74 Å². The number of benzene rings is 1. The average molecular weight is 243 g/mol. The van der Waals surface area contributed by atoms with E-state index >= 15 is 0 Å². The molecule has 1 atom stereocenters. The minimum Gasteiger partial charge on any atom is -0.490 e. The van der Waals surface area contributed by atoms with E-state index in [9.17, 15) is 0 Å². The van der Waals surface area contributed by atoms with Gasteiger partial charge in [-0.05, 0) is 31.0 Å². The SMILES string of the molecule is CCc1ccc(OC(C)CBr)cc1. The lowest BCUT2D eigenvalue weighted by Gasteiger charge is -2.11. The average Bonchev–Trinajstić information content (AvgIpc) is 2.19. The molecule has 0 bridgehead atoms. The summed E-state index contributed by atoms with van der Waals surface area (Å²) in [5.41, 5.74) is 1.35. The second-order valence-electron chi connectivity index (χ2n) is 3.08. The lowest BCUT2D eigenvalue weighted by molar-refractivity contribution is 0.248. The Morgan fingerprint density at radius 2 is 1.92 bits per heavy atom. The number of halogens is 1. The molecule has 1 aromatic rings. The van der Waals surface area contributed by atoms with E-state index in [0.29, 0.717) is 0 Å². The Morgan fingerprint density at radius 3 is 2.38 bits per heavy atom. The topological polar surface area (TPSA) is 9.23 Å². The predicted molar refractivity (Wildman–Crippen MR) is 59.7 cm³/mol. The Kier molecular flexibility index (Phi) is 4.29. The fourth-order valence-electron chi connectivity index (χ4n) is 1.07. The van der Waals surface area contributed by atoms with Gasteiger partial charge in [0.2, 0.25) is 0 Å². The van der Waals surface area contributed by atoms with Crippen molar-refractivity contribution in [2.45, 2.75) is 26.4 Å². The van der Waals surface area contributed by atoms with E-state index < -0.39 is 0 Å². The molecule has 0 N–H and O–H groups in total. The quantitative estimate of drug-likeness (QED) is 0.736. The van der Waals surface area contributed by atoms with Gasteiger partial charge >= 0.3 is 0 Å². The Balaban J connectivity index is 2.58. The summed E-state index contributed by atoms with van der Waals surface area (Å²) in [6.45, 7) is 4.19. The predicted octanol–water partition coefficient (Wildman–Crippen LogP) is 3.41. The lowest BCUT2D eigenvalue weighted by Crippen LogP contribution is -2.12. The Bertz CT molecular complexity index is 243. The molecule has 1 aromatic carbocycles. The Hall–Kier alpha value is -0.500. The standard InChI is InChI=1S/C11H15BrO/c1-3-10-4-6-11(7-5-10)13-9(2)8-12/h4-7,9H,3,8H2,1-2H3. The third-order valence-corrected chi connectivity index (χ3v) is 2.80. The summed E-state index contributed by atoms with van der Waals surface area (Å²) in [5.74, 6) is 0.948. The Labute approximate surface area is 88.2 Å². The number of alkyl halides is 1. The first kappa shape index (κ1) is 10.6. The van der Waals surface area contributed by atoms with Crippen LogP contribution in [0.15, 0.2) is 24.3 Å². The zero-order chi connectivity index (χ0) is 9.68. The first-order valence-corrected chi connectivity index (χ1v) is 5.70. The summed E-state index contributed by atoms with van der Waals surface area (Å²) >= 11 is 3.38. The van der Waals surface area contributed by atoms with Gasteiger partial charge in [0.15, 0.2) is 0 Å². The van der Waals surface area contributed by atoms with E-state index in [1.165, 1.54) is 5.56 Å². The molecule has 0 aliphatic heterocycles. The smallest absolute Gasteiger partial charge is 0.119 e. The van der Waals surface area contributed by atoms with Gasteiger partial charge in [0, 0.05) is 5.33 Å². The van der Waals surface area contributed by atoms with Gasteiger partial charge in [0.05, 0.1) is 0 Å². The summed E-state index contributed by atoms with van der Waals surface area (Å²) in [6.07, 6.45) is 1.31. The van der Waals surface area contributed by atoms with Crippen LogP contribution in [0, 0.1) is 0 Å². The third kappa shape index (κ3) is 3.39. The van der Waals surface area contributed by atoms with Crippen LogP contribution in [0.2, 0.25) is 0 Å². The van der Waals surface area contributed by atoms with Crippen LogP contribution in [-0.2, 0) is 6.42 Å². The van der Waals surface area contributed by atoms with E-state index in [-0.39, 0.29) is 6.10 Å². The van der Waals surface area contributed by atoms with Crippen molar-refractivity contribution in [2.75, 3.05) is 5.33 Å². The summed E-state index contributed by atoms with van der Waals surface area (Å²) in [5, 5.41) is 0.864. The summed E-state index contributed by atoms with van der Waals surface area (Å²) in [4.78, 5) is 0. The molecule has 0 heterocycles. The van der Waals surface area contributed by atoms with Crippen molar-refractivity contribution >= 4 is 15.9 Å². The van der Waals surface area contributed by atoms with Crippen molar-refractivity contribution in [3.63, 3.8) is 0 Å². The van der Waals surface area contributed by atoms with Crippen LogP contribution in [0.4, 0.5) is 0 Å². The van der Waals surface area contributed by atoms with Crippen molar-refractivity contribution in [3.05, 3.63) is 29.8 Å². The molecule has 0 spiro atoms. The summed E-state index contributed by atoms with van der Waals surface area (Å²) < 4.78 is 5.62. The molecule has 0 aliphatic carbocycles. The van der Waals surface area contributed by atoms with Crippen LogP contribution in [0.5, 0.6) is 5.75 Å². The molecule has 0 saturated heterocycles. The minimum atomic E-state index is 0.229. The minimum absolute atomic E-state index is 0.229. The monoisotopic (exact) mass is 242 g/mol. The lowest BCUT2D eigenvalue weighted by atomic mass is 10.2. The van der Waals surface area contributed by atoms with Crippen LogP contribution in [0.3, 0.4) is 0 Å². The number of hydrogen-bond donors (Lipinski definition) is 0. The molecule has 72 valence electrons. The van der Waals surface area contributed by atoms with Gasteiger partial charge < -0.3 is 4.74 Å². The number of aryl methyl sites for hydroxylation is 1. The maximum Gasteiger partial charge on any atom is 0.119 e. The molecule has 0 aliphatic rings. The van der Waals surface area contributed by atoms with Crippen molar-refractivity contribution in [1.29, 1.82) is 0 Å². The summed E-state index contributed by atoms with van der Waals surface area (Å²) in [7, 11) is 0. The third-order valence-electron chi connectivity index (χ3n) is 1.89. The highest BCUT2D eigenvalue weighted by molar-refractivity contribution is 9.09. The molecule has 1 nitrogen and oxygen atoms in total. The fourth-order valence-corrected chi connectivity index (χ4v) is 1.20. The van der Waals surface area contributed by atoms with Gasteiger partial charge in [-0.3, -0.25) is 0 Å². The molecule has 0 saturated carbocycles. The zero-order valence-corrected chi connectivity index (χ0v) is 9.67. The zero-order valence-electron chi connectivity index (χ0n) is 8.09. The van der Waals surface area contributed by atoms with Crippen LogP contribution in [-0.4, -0.2) is 11.4 Å². The molecular formula is C11H15BrO. The van der Waals surface area contributed by atoms with Crippen LogP contribution in [0.25, 0.3) is 0 Å². The number of hydrogen-bond acceptors (Lipinski definition) is 1.